The molecule has 0 aliphatic rings. The molecule has 0 N–H and O–H groups in total. The summed E-state index contributed by atoms with van der Waals surface area (Å²) in [5.74, 6) is 2.52. The van der Waals surface area contributed by atoms with Gasteiger partial charge in [-0.25, -0.2) is 0 Å². The van der Waals surface area contributed by atoms with Crippen molar-refractivity contribution < 1.29 is 12.6 Å². The van der Waals surface area contributed by atoms with Crippen molar-refractivity contribution in [3.8, 4) is 9.85 Å². The Balaban J connectivity index is 2.90. The molecular formula is C10H9IO3S. The maximum Gasteiger partial charge on any atom is 0.297 e. The van der Waals surface area contributed by atoms with Gasteiger partial charge in [0.1, 0.15) is 6.61 Å². The minimum Gasteiger partial charge on any atom is -0.253 e. The van der Waals surface area contributed by atoms with Gasteiger partial charge in [-0.2, -0.15) is 8.42 Å². The molecule has 0 radical (unpaired) electrons. The molecule has 0 aliphatic heterocycles. The number of rotatable bonds is 3. The Morgan fingerprint density at radius 2 is 2.20 bits per heavy atom. The highest BCUT2D eigenvalue weighted by Crippen LogP contribution is 2.13. The van der Waals surface area contributed by atoms with Crippen molar-refractivity contribution in [2.24, 2.45) is 0 Å². The smallest absolute Gasteiger partial charge is 0.253 e. The molecule has 0 aromatic heterocycles. The van der Waals surface area contributed by atoms with Crippen LogP contribution in [-0.4, -0.2) is 15.0 Å². The fourth-order valence-electron chi connectivity index (χ4n) is 0.973. The predicted octanol–water partition coefficient (Wildman–Crippen LogP) is 2.10. The lowest BCUT2D eigenvalue weighted by atomic mass is 10.2. The zero-order chi connectivity index (χ0) is 11.3. The van der Waals surface area contributed by atoms with Gasteiger partial charge in [-0.15, -0.1) is 0 Å². The lowest BCUT2D eigenvalue weighted by Gasteiger charge is -2.02. The monoisotopic (exact) mass is 336 g/mol. The van der Waals surface area contributed by atoms with Gasteiger partial charge in [-0.1, -0.05) is 18.1 Å². The van der Waals surface area contributed by atoms with E-state index < -0.39 is 10.1 Å². The summed E-state index contributed by atoms with van der Waals surface area (Å²) in [5.41, 5.74) is 0.875. The van der Waals surface area contributed by atoms with Crippen LogP contribution in [0.25, 0.3) is 0 Å². The number of halogens is 1. The lowest BCUT2D eigenvalue weighted by molar-refractivity contribution is 0.363. The third kappa shape index (κ3) is 3.81. The molecule has 0 bridgehead atoms. The highest BCUT2D eigenvalue weighted by Gasteiger charge is 2.13. The van der Waals surface area contributed by atoms with Crippen LogP contribution in [0.4, 0.5) is 0 Å². The van der Waals surface area contributed by atoms with Crippen LogP contribution < -0.4 is 0 Å². The second kappa shape index (κ2) is 5.49. The molecule has 15 heavy (non-hydrogen) atoms. The summed E-state index contributed by atoms with van der Waals surface area (Å²) in [6, 6.07) is 6.56. The van der Waals surface area contributed by atoms with Crippen LogP contribution >= 0.6 is 22.6 Å². The van der Waals surface area contributed by atoms with Crippen LogP contribution in [-0.2, 0) is 14.3 Å². The Bertz CT molecular complexity index is 497. The standard InChI is InChI=1S/C10H9IO3S/c1-9-4-2-5-10(8-9)15(12,13)14-7-3-6-11/h2,4-5,8H,7H2,1H3. The highest BCUT2D eigenvalue weighted by atomic mass is 127. The van der Waals surface area contributed by atoms with E-state index in [1.807, 2.05) is 35.6 Å². The average molecular weight is 336 g/mol. The zero-order valence-corrected chi connectivity index (χ0v) is 11.0. The maximum atomic E-state index is 11.6. The second-order valence-corrected chi connectivity index (χ2v) is 4.96. The lowest BCUT2D eigenvalue weighted by Crippen LogP contribution is -2.06. The molecular weight excluding hydrogens is 327 g/mol. The number of benzene rings is 1. The second-order valence-electron chi connectivity index (χ2n) is 2.80. The molecule has 1 rings (SSSR count). The van der Waals surface area contributed by atoms with Crippen LogP contribution in [0.2, 0.25) is 0 Å². The van der Waals surface area contributed by atoms with E-state index in [1.165, 1.54) is 6.07 Å². The van der Waals surface area contributed by atoms with Crippen LogP contribution in [0, 0.1) is 16.8 Å². The number of hydrogen-bond acceptors (Lipinski definition) is 3. The van der Waals surface area contributed by atoms with E-state index in [4.69, 9.17) is 4.18 Å². The van der Waals surface area contributed by atoms with Crippen LogP contribution in [0.3, 0.4) is 0 Å². The molecule has 3 nitrogen and oxygen atoms in total. The minimum atomic E-state index is -3.66. The van der Waals surface area contributed by atoms with Crippen LogP contribution in [0.1, 0.15) is 5.56 Å². The van der Waals surface area contributed by atoms with Gasteiger partial charge in [-0.05, 0) is 28.5 Å². The van der Waals surface area contributed by atoms with Gasteiger partial charge in [0.25, 0.3) is 10.1 Å². The Morgan fingerprint density at radius 1 is 1.47 bits per heavy atom. The van der Waals surface area contributed by atoms with Gasteiger partial charge in [0.05, 0.1) is 4.90 Å². The zero-order valence-electron chi connectivity index (χ0n) is 8.03. The third-order valence-electron chi connectivity index (χ3n) is 1.63. The predicted molar refractivity (Wildman–Crippen MR) is 66.1 cm³/mol. The fourth-order valence-corrected chi connectivity index (χ4v) is 2.05. The van der Waals surface area contributed by atoms with Gasteiger partial charge >= 0.3 is 0 Å². The van der Waals surface area contributed by atoms with Crippen LogP contribution in [0.5, 0.6) is 0 Å². The van der Waals surface area contributed by atoms with Crippen molar-refractivity contribution >= 4 is 32.7 Å². The highest BCUT2D eigenvalue weighted by molar-refractivity contribution is 14.1. The Morgan fingerprint density at radius 3 is 2.80 bits per heavy atom. The molecule has 0 aliphatic carbocycles. The molecule has 1 aromatic rings. The Labute approximate surface area is 103 Å². The molecule has 0 saturated carbocycles. The fraction of sp³-hybridized carbons (Fsp3) is 0.200. The van der Waals surface area contributed by atoms with Crippen molar-refractivity contribution in [2.45, 2.75) is 11.8 Å². The Hall–Kier alpha value is -0.580. The first-order chi connectivity index (χ1) is 7.06. The van der Waals surface area contributed by atoms with E-state index in [9.17, 15) is 8.42 Å². The van der Waals surface area contributed by atoms with Gasteiger partial charge in [0.15, 0.2) is 0 Å². The van der Waals surface area contributed by atoms with Crippen molar-refractivity contribution in [1.82, 2.24) is 0 Å². The van der Waals surface area contributed by atoms with Gasteiger partial charge in [-0.3, -0.25) is 4.18 Å². The van der Waals surface area contributed by atoms with Crippen LogP contribution in [0.15, 0.2) is 29.2 Å². The van der Waals surface area contributed by atoms with Gasteiger partial charge in [0.2, 0.25) is 0 Å². The first-order valence-electron chi connectivity index (χ1n) is 4.11. The summed E-state index contributed by atoms with van der Waals surface area (Å²) >= 11 is 1.82. The summed E-state index contributed by atoms with van der Waals surface area (Å²) in [4.78, 5) is 0.165. The van der Waals surface area contributed by atoms with Gasteiger partial charge < -0.3 is 0 Å². The molecule has 0 fully saturated rings. The molecule has 0 spiro atoms. The van der Waals surface area contributed by atoms with E-state index in [-0.39, 0.29) is 11.5 Å². The van der Waals surface area contributed by atoms with Crippen molar-refractivity contribution in [3.63, 3.8) is 0 Å². The molecule has 0 atom stereocenters. The summed E-state index contributed by atoms with van der Waals surface area (Å²) in [6.07, 6.45) is 0. The van der Waals surface area contributed by atoms with Crippen molar-refractivity contribution in [3.05, 3.63) is 29.8 Å². The third-order valence-corrected chi connectivity index (χ3v) is 3.27. The SMILES string of the molecule is Cc1cccc(S(=O)(=O)OCC#CI)c1. The van der Waals surface area contributed by atoms with E-state index in [2.05, 4.69) is 9.85 Å². The first-order valence-corrected chi connectivity index (χ1v) is 6.59. The molecule has 0 amide bonds. The Kier molecular flexibility index (Phi) is 4.57. The average Bonchev–Trinajstić information content (AvgIpc) is 2.18. The summed E-state index contributed by atoms with van der Waals surface area (Å²) in [5, 5.41) is 0. The maximum absolute atomic E-state index is 11.6. The molecule has 1 aromatic carbocycles. The quantitative estimate of drug-likeness (QED) is 0.482. The molecule has 0 heterocycles. The normalized spacial score (nSPS) is 10.5. The summed E-state index contributed by atoms with van der Waals surface area (Å²) in [6.45, 7) is 1.71. The van der Waals surface area contributed by atoms with E-state index in [0.717, 1.165) is 5.56 Å². The number of aryl methyl sites for hydroxylation is 1. The summed E-state index contributed by atoms with van der Waals surface area (Å²) in [7, 11) is -3.66. The van der Waals surface area contributed by atoms with E-state index in [0.29, 0.717) is 0 Å². The van der Waals surface area contributed by atoms with Crippen molar-refractivity contribution in [1.29, 1.82) is 0 Å². The van der Waals surface area contributed by atoms with Crippen molar-refractivity contribution in [2.75, 3.05) is 6.61 Å². The molecule has 5 heteroatoms. The topological polar surface area (TPSA) is 43.4 Å². The molecule has 0 saturated heterocycles. The first kappa shape index (κ1) is 12.5. The van der Waals surface area contributed by atoms with E-state index in [1.54, 1.807) is 12.1 Å². The number of hydrogen-bond donors (Lipinski definition) is 0. The van der Waals surface area contributed by atoms with Gasteiger partial charge in [0, 0.05) is 22.6 Å². The van der Waals surface area contributed by atoms with E-state index >= 15 is 0 Å². The minimum absolute atomic E-state index is 0.112. The summed E-state index contributed by atoms with van der Waals surface area (Å²) < 4.78 is 30.4. The molecule has 80 valence electrons. The largest absolute Gasteiger partial charge is 0.297 e. The molecule has 0 unspecified atom stereocenters.